The third-order valence-electron chi connectivity index (χ3n) is 7.20. The molecule has 0 saturated carbocycles. The van der Waals surface area contributed by atoms with Crippen molar-refractivity contribution in [3.63, 3.8) is 0 Å². The van der Waals surface area contributed by atoms with Gasteiger partial charge in [0.1, 0.15) is 54.5 Å². The summed E-state index contributed by atoms with van der Waals surface area (Å²) in [6.07, 6.45) is -1.45. The van der Waals surface area contributed by atoms with Crippen molar-refractivity contribution < 1.29 is 79.0 Å². The Morgan fingerprint density at radius 1 is 1.23 bits per heavy atom. The molecule has 0 radical (unpaired) electrons. The van der Waals surface area contributed by atoms with Crippen LogP contribution in [0.4, 0.5) is 0 Å². The van der Waals surface area contributed by atoms with Gasteiger partial charge in [-0.15, -0.1) is 6.58 Å². The van der Waals surface area contributed by atoms with E-state index in [9.17, 15) is 45.3 Å². The van der Waals surface area contributed by atoms with E-state index in [0.717, 1.165) is 18.4 Å². The normalized spacial score (nSPS) is 33.5. The molecule has 10 N–H and O–H groups in total. The zero-order valence-corrected chi connectivity index (χ0v) is 23.8. The number of aliphatic hydroxyl groups is 7. The number of quaternary nitrogens is 1. The Labute approximate surface area is 251 Å². The number of hydrogen-bond acceptors (Lipinski definition) is 15. The minimum atomic E-state index is -2.99. The fourth-order valence-corrected chi connectivity index (χ4v) is 4.96. The van der Waals surface area contributed by atoms with E-state index in [2.05, 4.69) is 16.6 Å². The van der Waals surface area contributed by atoms with Crippen molar-refractivity contribution in [3.05, 3.63) is 60.1 Å². The molecule has 1 unspecified atom stereocenters. The molecule has 0 amide bonds. The number of carbonyl (C=O) groups excluding carboxylic acids is 1. The predicted molar refractivity (Wildman–Crippen MR) is 144 cm³/mol. The lowest BCUT2D eigenvalue weighted by Crippen LogP contribution is -3.08. The van der Waals surface area contributed by atoms with Gasteiger partial charge >= 0.3 is 11.9 Å². The maximum atomic E-state index is 12.8. The van der Waals surface area contributed by atoms with E-state index in [1.807, 2.05) is 0 Å². The molecule has 3 aliphatic rings. The number of carboxylic acid groups (broad SMARTS) is 1. The number of aliphatic carboxylic acids is 1. The van der Waals surface area contributed by atoms with E-state index in [1.54, 1.807) is 0 Å². The molecule has 0 aliphatic carbocycles. The Bertz CT molecular complexity index is 1170. The first kappa shape index (κ1) is 35.4. The van der Waals surface area contributed by atoms with E-state index in [0.29, 0.717) is 10.5 Å². The minimum absolute atomic E-state index is 0.0746. The first-order chi connectivity index (χ1) is 20.9. The van der Waals surface area contributed by atoms with Crippen LogP contribution in [0.2, 0.25) is 0 Å². The molecule has 3 rings (SSSR count). The molecule has 0 spiro atoms. The van der Waals surface area contributed by atoms with Gasteiger partial charge in [-0.1, -0.05) is 12.2 Å². The average molecular weight is 632 g/mol. The number of nitrogens with one attached hydrogen (secondary N) is 2. The highest BCUT2D eigenvalue weighted by Gasteiger charge is 2.58. The Balaban J connectivity index is 2.02. The predicted octanol–water partition coefficient (Wildman–Crippen LogP) is -5.07. The van der Waals surface area contributed by atoms with Crippen LogP contribution in [0.1, 0.15) is 0 Å². The maximum Gasteiger partial charge on any atom is 0.342 e. The van der Waals surface area contributed by atoms with Crippen LogP contribution in [-0.4, -0.2) is 142 Å². The number of esters is 1. The molecule has 0 aromatic rings. The maximum absolute atomic E-state index is 12.8. The molecular formula is C27H39N2O15+. The molecule has 1 saturated heterocycles. The molecule has 246 valence electrons. The van der Waals surface area contributed by atoms with Crippen LogP contribution >= 0.6 is 0 Å². The standard InChI is InChI=1S/C27H38N2O15/c1-3-17-24(44-25-21(41-13-28-2)27(38,39)20(33)19(11-31)43-25)40-12-18(23(36)42-14-32)26(17,37)5-4-15-8-16(22(34)35)10-29(9-15)6-7-30/h3-5,8,10,12,17,19-21,24-25,28,30-33,37-39H,1,6-7,9,11,13-14H2,2H3,(H,34,35)/p+1/b5-4+/t17-,19+,20+,21-,24-,25-,26+/m0/s1. The summed E-state index contributed by atoms with van der Waals surface area (Å²) in [6.45, 7) is 1.72. The molecule has 8 atom stereocenters. The lowest BCUT2D eigenvalue weighted by atomic mass is 9.78. The van der Waals surface area contributed by atoms with E-state index in [-0.39, 0.29) is 32.0 Å². The summed E-state index contributed by atoms with van der Waals surface area (Å²) in [5, 5.41) is 84.0. The molecule has 1 fully saturated rings. The van der Waals surface area contributed by atoms with Gasteiger partial charge in [0.25, 0.3) is 0 Å². The number of carboxylic acids is 1. The summed E-state index contributed by atoms with van der Waals surface area (Å²) in [5.74, 6) is -6.78. The van der Waals surface area contributed by atoms with Gasteiger partial charge in [0.2, 0.25) is 12.1 Å². The van der Waals surface area contributed by atoms with Crippen molar-refractivity contribution in [2.45, 2.75) is 42.3 Å². The van der Waals surface area contributed by atoms with Crippen LogP contribution in [0, 0.1) is 5.92 Å². The fourth-order valence-electron chi connectivity index (χ4n) is 4.96. The van der Waals surface area contributed by atoms with Crippen molar-refractivity contribution in [1.82, 2.24) is 5.32 Å². The highest BCUT2D eigenvalue weighted by atomic mass is 16.8. The zero-order chi connectivity index (χ0) is 32.7. The summed E-state index contributed by atoms with van der Waals surface area (Å²) in [7, 11) is 1.49. The first-order valence-electron chi connectivity index (χ1n) is 13.5. The van der Waals surface area contributed by atoms with Gasteiger partial charge in [0.15, 0.2) is 19.2 Å². The summed E-state index contributed by atoms with van der Waals surface area (Å²) in [6, 6.07) is 0. The smallest absolute Gasteiger partial charge is 0.342 e. The van der Waals surface area contributed by atoms with Gasteiger partial charge in [-0.3, -0.25) is 5.32 Å². The molecule has 17 heteroatoms. The highest BCUT2D eigenvalue weighted by molar-refractivity contribution is 5.91. The van der Waals surface area contributed by atoms with Gasteiger partial charge in [-0.2, -0.15) is 0 Å². The van der Waals surface area contributed by atoms with Crippen molar-refractivity contribution >= 4 is 11.9 Å². The van der Waals surface area contributed by atoms with Crippen molar-refractivity contribution in [3.8, 4) is 0 Å². The van der Waals surface area contributed by atoms with Gasteiger partial charge in [0.05, 0.1) is 25.9 Å². The summed E-state index contributed by atoms with van der Waals surface area (Å²) < 4.78 is 27.0. The third kappa shape index (κ3) is 7.60. The second kappa shape index (κ2) is 15.3. The Morgan fingerprint density at radius 2 is 1.95 bits per heavy atom. The van der Waals surface area contributed by atoms with E-state index >= 15 is 0 Å². The van der Waals surface area contributed by atoms with Crippen LogP contribution in [0.5, 0.6) is 0 Å². The topological polar surface area (TPSA) is 259 Å². The number of carbonyl (C=O) groups is 2. The van der Waals surface area contributed by atoms with E-state index in [4.69, 9.17) is 24.1 Å². The van der Waals surface area contributed by atoms with Crippen molar-refractivity contribution in [1.29, 1.82) is 0 Å². The fraction of sp³-hybridized carbons (Fsp3) is 0.556. The molecule has 0 aromatic heterocycles. The number of aliphatic hydroxyl groups excluding tert-OH is 4. The van der Waals surface area contributed by atoms with Crippen LogP contribution in [0.15, 0.2) is 60.1 Å². The third-order valence-corrected chi connectivity index (χ3v) is 7.20. The Morgan fingerprint density at radius 3 is 2.55 bits per heavy atom. The second-order valence-corrected chi connectivity index (χ2v) is 10.1. The van der Waals surface area contributed by atoms with Crippen molar-refractivity contribution in [2.75, 3.05) is 46.9 Å². The Kier molecular flexibility index (Phi) is 12.3. The molecule has 3 heterocycles. The quantitative estimate of drug-likeness (QED) is 0.0489. The number of ether oxygens (including phenoxy) is 5. The first-order valence-corrected chi connectivity index (χ1v) is 13.5. The lowest BCUT2D eigenvalue weighted by Gasteiger charge is -2.48. The van der Waals surface area contributed by atoms with E-state index in [1.165, 1.54) is 25.4 Å². The highest BCUT2D eigenvalue weighted by Crippen LogP contribution is 2.40. The summed E-state index contributed by atoms with van der Waals surface area (Å²) >= 11 is 0. The second-order valence-electron chi connectivity index (χ2n) is 10.1. The zero-order valence-electron chi connectivity index (χ0n) is 23.8. The van der Waals surface area contributed by atoms with Crippen LogP contribution in [-0.2, 0) is 33.3 Å². The van der Waals surface area contributed by atoms with Crippen LogP contribution in [0.3, 0.4) is 0 Å². The lowest BCUT2D eigenvalue weighted by molar-refractivity contribution is -0.842. The summed E-state index contributed by atoms with van der Waals surface area (Å²) in [5.41, 5.74) is -2.53. The molecule has 0 aromatic carbocycles. The van der Waals surface area contributed by atoms with Crippen LogP contribution < -0.4 is 10.2 Å². The minimum Gasteiger partial charge on any atom is -0.477 e. The molecule has 0 bridgehead atoms. The van der Waals surface area contributed by atoms with Crippen LogP contribution in [0.25, 0.3) is 0 Å². The summed E-state index contributed by atoms with van der Waals surface area (Å²) in [4.78, 5) is 25.0. The van der Waals surface area contributed by atoms with E-state index < -0.39 is 79.1 Å². The van der Waals surface area contributed by atoms with Gasteiger partial charge in [0, 0.05) is 5.57 Å². The SMILES string of the molecule is C=C[C@H]1[C@H](O[C@@H]2O[C@H](CO)[C@@H](O)C(O)(O)[C@H]2OCNC)OC=C(C(=O)OCO)[C@@]1(O)/C=C/C1=CC(C(=O)O)=C[NH+](CCO)C1. The van der Waals surface area contributed by atoms with Gasteiger partial charge < -0.3 is 69.4 Å². The van der Waals surface area contributed by atoms with Gasteiger partial charge in [-0.05, 0) is 19.2 Å². The Hall–Kier alpha value is -3.04. The number of hydrogen-bond donors (Lipinski definition) is 10. The monoisotopic (exact) mass is 631 g/mol. The number of rotatable bonds is 14. The molecule has 3 aliphatic heterocycles. The van der Waals surface area contributed by atoms with Crippen molar-refractivity contribution in [2.24, 2.45) is 5.92 Å². The molecular weight excluding hydrogens is 592 g/mol. The molecule has 44 heavy (non-hydrogen) atoms. The largest absolute Gasteiger partial charge is 0.477 e. The average Bonchev–Trinajstić information content (AvgIpc) is 2.98. The van der Waals surface area contributed by atoms with Gasteiger partial charge in [-0.25, -0.2) is 9.59 Å². The molecule has 17 nitrogen and oxygen atoms in total.